The number of nitrogens with zero attached hydrogens (tertiary/aromatic N) is 3. The summed E-state index contributed by atoms with van der Waals surface area (Å²) < 4.78 is 0. The van der Waals surface area contributed by atoms with Crippen LogP contribution >= 0.6 is 0 Å². The van der Waals surface area contributed by atoms with E-state index in [2.05, 4.69) is 21.8 Å². The van der Waals surface area contributed by atoms with Gasteiger partial charge >= 0.3 is 0 Å². The van der Waals surface area contributed by atoms with E-state index in [1.807, 2.05) is 30.5 Å². The summed E-state index contributed by atoms with van der Waals surface area (Å²) >= 11 is 0. The second kappa shape index (κ2) is 7.55. The smallest absolute Gasteiger partial charge is 0.130 e. The molecule has 25 heavy (non-hydrogen) atoms. The number of nitrogens with one attached hydrogen (secondary N) is 1. The van der Waals surface area contributed by atoms with Gasteiger partial charge in [-0.15, -0.1) is 0 Å². The number of hydrogen-bond acceptors (Lipinski definition) is 6. The van der Waals surface area contributed by atoms with Gasteiger partial charge in [-0.3, -0.25) is 4.90 Å². The fourth-order valence-electron chi connectivity index (χ4n) is 3.11. The van der Waals surface area contributed by atoms with Crippen molar-refractivity contribution in [3.8, 4) is 0 Å². The predicted octanol–water partition coefficient (Wildman–Crippen LogP) is 2.32. The zero-order chi connectivity index (χ0) is 17.8. The lowest BCUT2D eigenvalue weighted by Crippen LogP contribution is -2.24. The molecule has 5 N–H and O–H groups in total. The highest BCUT2D eigenvalue weighted by Crippen LogP contribution is 2.22. The Morgan fingerprint density at radius 1 is 1.32 bits per heavy atom. The second-order valence-corrected chi connectivity index (χ2v) is 6.59. The van der Waals surface area contributed by atoms with Crippen molar-refractivity contribution in [2.24, 2.45) is 11.6 Å². The highest BCUT2D eigenvalue weighted by atomic mass is 15.4. The van der Waals surface area contributed by atoms with E-state index < -0.39 is 0 Å². The van der Waals surface area contributed by atoms with Crippen molar-refractivity contribution >= 4 is 22.3 Å². The number of hydrogen-bond donors (Lipinski definition) is 3. The van der Waals surface area contributed by atoms with Crippen LogP contribution in [0.4, 0.5) is 5.82 Å². The molecule has 1 aliphatic heterocycles. The fourth-order valence-corrected chi connectivity index (χ4v) is 3.11. The maximum absolute atomic E-state index is 6.09. The van der Waals surface area contributed by atoms with Gasteiger partial charge in [0.05, 0.1) is 5.70 Å². The molecule has 6 heteroatoms. The molecule has 0 unspecified atom stereocenters. The standard InChI is InChI=1S/C19H26N6/c1-14(12-25-7-3-4-8-25)23-19-10-17-9-15(18(20)13-24(2)21)5-6-16(17)11-22-19/h5-6,9-11,13H,1,3-4,7-8,12,20-21H2,2H3,(H,22,23)/b18-13-. The molecule has 0 saturated carbocycles. The van der Waals surface area contributed by atoms with E-state index in [9.17, 15) is 0 Å². The first kappa shape index (κ1) is 17.3. The number of rotatable bonds is 6. The third-order valence-corrected chi connectivity index (χ3v) is 4.32. The summed E-state index contributed by atoms with van der Waals surface area (Å²) in [4.78, 5) is 6.89. The molecular weight excluding hydrogens is 312 g/mol. The number of benzene rings is 1. The molecule has 1 saturated heterocycles. The maximum atomic E-state index is 6.09. The zero-order valence-electron chi connectivity index (χ0n) is 14.7. The lowest BCUT2D eigenvalue weighted by molar-refractivity contribution is 0.370. The second-order valence-electron chi connectivity index (χ2n) is 6.59. The van der Waals surface area contributed by atoms with Gasteiger partial charge in [0.25, 0.3) is 0 Å². The summed E-state index contributed by atoms with van der Waals surface area (Å²) in [6.07, 6.45) is 6.10. The van der Waals surface area contributed by atoms with Crippen molar-refractivity contribution in [2.75, 3.05) is 32.0 Å². The largest absolute Gasteiger partial charge is 0.397 e. The summed E-state index contributed by atoms with van der Waals surface area (Å²) in [7, 11) is 1.74. The van der Waals surface area contributed by atoms with E-state index in [0.717, 1.165) is 47.5 Å². The number of pyridine rings is 1. The normalized spacial score (nSPS) is 15.5. The van der Waals surface area contributed by atoms with E-state index >= 15 is 0 Å². The van der Waals surface area contributed by atoms with Gasteiger partial charge in [-0.2, -0.15) is 0 Å². The Labute approximate surface area is 148 Å². The van der Waals surface area contributed by atoms with E-state index in [-0.39, 0.29) is 0 Å². The molecule has 0 aliphatic carbocycles. The van der Waals surface area contributed by atoms with Crippen molar-refractivity contribution < 1.29 is 0 Å². The summed E-state index contributed by atoms with van der Waals surface area (Å²) in [5.41, 5.74) is 8.60. The third kappa shape index (κ3) is 4.49. The number of anilines is 1. The van der Waals surface area contributed by atoms with Crippen LogP contribution in [0.25, 0.3) is 16.5 Å². The molecule has 2 aromatic rings. The Kier molecular flexibility index (Phi) is 5.21. The Hall–Kier alpha value is -2.57. The van der Waals surface area contributed by atoms with Crippen LogP contribution in [0.1, 0.15) is 18.4 Å². The number of nitrogens with two attached hydrogens (primary N) is 2. The molecule has 0 atom stereocenters. The first-order chi connectivity index (χ1) is 12.0. The lowest BCUT2D eigenvalue weighted by atomic mass is 10.1. The Morgan fingerprint density at radius 2 is 2.08 bits per heavy atom. The van der Waals surface area contributed by atoms with Crippen molar-refractivity contribution in [2.45, 2.75) is 12.8 Å². The maximum Gasteiger partial charge on any atom is 0.130 e. The minimum atomic E-state index is 0.622. The highest BCUT2D eigenvalue weighted by Gasteiger charge is 2.12. The van der Waals surface area contributed by atoms with Crippen molar-refractivity contribution in [1.29, 1.82) is 0 Å². The molecule has 0 radical (unpaired) electrons. The Bertz CT molecular complexity index is 790. The van der Waals surface area contributed by atoms with E-state index in [4.69, 9.17) is 11.6 Å². The minimum Gasteiger partial charge on any atom is -0.397 e. The average molecular weight is 338 g/mol. The SMILES string of the molecule is C=C(CN1CCCC1)Nc1cc2cc(/C(N)=C/N(C)N)ccc2cn1. The van der Waals surface area contributed by atoms with Gasteiger partial charge in [-0.25, -0.2) is 10.8 Å². The van der Waals surface area contributed by atoms with Crippen molar-refractivity contribution in [3.05, 3.63) is 54.5 Å². The topological polar surface area (TPSA) is 83.4 Å². The number of aromatic nitrogens is 1. The average Bonchev–Trinajstić information content (AvgIpc) is 3.06. The quantitative estimate of drug-likeness (QED) is 0.554. The molecule has 132 valence electrons. The van der Waals surface area contributed by atoms with Crippen LogP contribution in [-0.4, -0.2) is 41.6 Å². The van der Waals surface area contributed by atoms with Gasteiger partial charge in [0.2, 0.25) is 0 Å². The summed E-state index contributed by atoms with van der Waals surface area (Å²) in [6.45, 7) is 7.29. The van der Waals surface area contributed by atoms with E-state index in [1.54, 1.807) is 13.2 Å². The van der Waals surface area contributed by atoms with Crippen LogP contribution in [0.5, 0.6) is 0 Å². The first-order valence-corrected chi connectivity index (χ1v) is 8.53. The van der Waals surface area contributed by atoms with E-state index in [0.29, 0.717) is 5.70 Å². The zero-order valence-corrected chi connectivity index (χ0v) is 14.7. The molecule has 1 aliphatic rings. The highest BCUT2D eigenvalue weighted by molar-refractivity contribution is 5.87. The molecule has 0 amide bonds. The number of likely N-dealkylation sites (tertiary alicyclic amines) is 1. The summed E-state index contributed by atoms with van der Waals surface area (Å²) in [6, 6.07) is 8.05. The van der Waals surface area contributed by atoms with Gasteiger partial charge in [0.1, 0.15) is 5.82 Å². The fraction of sp³-hybridized carbons (Fsp3) is 0.316. The molecule has 1 aromatic heterocycles. The van der Waals surface area contributed by atoms with Gasteiger partial charge in [0.15, 0.2) is 0 Å². The molecule has 3 rings (SSSR count). The summed E-state index contributed by atoms with van der Waals surface area (Å²) in [5, 5.41) is 6.90. The van der Waals surface area contributed by atoms with Gasteiger partial charge in [-0.1, -0.05) is 18.7 Å². The minimum absolute atomic E-state index is 0.622. The van der Waals surface area contributed by atoms with Crippen LogP contribution in [0.3, 0.4) is 0 Å². The van der Waals surface area contributed by atoms with Gasteiger partial charge < -0.3 is 16.1 Å². The predicted molar refractivity (Wildman–Crippen MR) is 104 cm³/mol. The molecular formula is C19H26N6. The van der Waals surface area contributed by atoms with E-state index in [1.165, 1.54) is 17.9 Å². The van der Waals surface area contributed by atoms with Crippen LogP contribution in [0.15, 0.2) is 48.9 Å². The molecule has 0 bridgehead atoms. The van der Waals surface area contributed by atoms with Crippen LogP contribution < -0.4 is 16.9 Å². The third-order valence-electron chi connectivity index (χ3n) is 4.32. The number of hydrazine groups is 1. The Balaban J connectivity index is 1.77. The van der Waals surface area contributed by atoms with Crippen LogP contribution in [0.2, 0.25) is 0 Å². The molecule has 1 fully saturated rings. The number of fused-ring (bicyclic) bond motifs is 1. The molecule has 1 aromatic carbocycles. The molecule has 6 nitrogen and oxygen atoms in total. The summed E-state index contributed by atoms with van der Waals surface area (Å²) in [5.74, 6) is 6.43. The van der Waals surface area contributed by atoms with Crippen molar-refractivity contribution in [1.82, 2.24) is 14.9 Å². The van der Waals surface area contributed by atoms with Gasteiger partial charge in [-0.05, 0) is 49.0 Å². The van der Waals surface area contributed by atoms with Gasteiger partial charge in [0, 0.05) is 37.1 Å². The van der Waals surface area contributed by atoms with Crippen LogP contribution in [-0.2, 0) is 0 Å². The Morgan fingerprint density at radius 3 is 2.80 bits per heavy atom. The van der Waals surface area contributed by atoms with Crippen molar-refractivity contribution in [3.63, 3.8) is 0 Å². The first-order valence-electron chi connectivity index (χ1n) is 8.53. The van der Waals surface area contributed by atoms with Crippen LogP contribution in [0, 0.1) is 0 Å². The molecule has 2 heterocycles. The molecule has 0 spiro atoms. The monoisotopic (exact) mass is 338 g/mol. The lowest BCUT2D eigenvalue weighted by Gasteiger charge is -2.17.